The van der Waals surface area contributed by atoms with E-state index in [1.165, 1.54) is 29.2 Å². The number of phosphoric acid groups is 1. The van der Waals surface area contributed by atoms with Gasteiger partial charge in [0.25, 0.3) is 0 Å². The molecule has 2 heterocycles. The van der Waals surface area contributed by atoms with E-state index in [1.807, 2.05) is 18.2 Å². The highest BCUT2D eigenvalue weighted by Gasteiger charge is 2.42. The van der Waals surface area contributed by atoms with Crippen molar-refractivity contribution in [3.05, 3.63) is 65.7 Å². The molecule has 0 bridgehead atoms. The average Bonchev–Trinajstić information content (AvgIpc) is 4.00. The Morgan fingerprint density at radius 1 is 0.676 bits per heavy atom. The lowest BCUT2D eigenvalue weighted by Gasteiger charge is -2.32. The molecule has 2 fully saturated rings. The van der Waals surface area contributed by atoms with E-state index in [2.05, 4.69) is 31.1 Å². The largest absolute Gasteiger partial charge is 0.508 e. The number of aliphatic hydroxyl groups is 1. The number of benzene rings is 2. The second-order valence-corrected chi connectivity index (χ2v) is 20.1. The molecule has 2 aliphatic heterocycles. The lowest BCUT2D eigenvalue weighted by molar-refractivity contribution is -0.144. The van der Waals surface area contributed by atoms with Gasteiger partial charge in [0.1, 0.15) is 42.0 Å². The van der Waals surface area contributed by atoms with Crippen LogP contribution in [0.25, 0.3) is 0 Å². The van der Waals surface area contributed by atoms with E-state index in [1.54, 1.807) is 44.7 Å². The Bertz CT molecular complexity index is 2210. The Kier molecular flexibility index (Phi) is 21.9. The average molecular weight is 1020 g/mol. The van der Waals surface area contributed by atoms with Gasteiger partial charge in [-0.3, -0.25) is 42.9 Å². The first-order valence-corrected chi connectivity index (χ1v) is 25.2. The molecule has 0 saturated carbocycles. The minimum atomic E-state index is -5.29. The van der Waals surface area contributed by atoms with Crippen molar-refractivity contribution in [2.75, 3.05) is 26.3 Å². The predicted molar refractivity (Wildman–Crippen MR) is 255 cm³/mol. The van der Waals surface area contributed by atoms with Gasteiger partial charge in [0, 0.05) is 19.5 Å². The molecule has 7 amide bonds. The normalized spacial score (nSPS) is 18.5. The molecule has 0 aliphatic carbocycles. The van der Waals surface area contributed by atoms with Crippen LogP contribution in [0.3, 0.4) is 0 Å². The minimum absolute atomic E-state index is 0.00334. The van der Waals surface area contributed by atoms with Crippen molar-refractivity contribution in [2.45, 2.75) is 134 Å². The molecule has 0 unspecified atom stereocenters. The summed E-state index contributed by atoms with van der Waals surface area (Å²) >= 11 is 0. The number of likely N-dealkylation sites (tertiary alicyclic amines) is 2. The number of nitrogens with one attached hydrogen (secondary N) is 5. The third kappa shape index (κ3) is 18.3. The number of aliphatic hydroxyl groups excluding tert-OH is 1. The van der Waals surface area contributed by atoms with Gasteiger partial charge < -0.3 is 67.2 Å². The zero-order chi connectivity index (χ0) is 52.6. The summed E-state index contributed by atoms with van der Waals surface area (Å²) in [5, 5.41) is 41.6. The Hall–Kier alpha value is -5.97. The topological polar surface area (TPSA) is 357 Å². The number of nitrogens with zero attached hydrogens (tertiary/aromatic N) is 2. The third-order valence-electron chi connectivity index (χ3n) is 12.1. The summed E-state index contributed by atoms with van der Waals surface area (Å²) in [7, 11) is -5.29. The van der Waals surface area contributed by atoms with Gasteiger partial charge in [-0.2, -0.15) is 0 Å². The number of rotatable bonds is 26. The highest BCUT2D eigenvalue weighted by molar-refractivity contribution is 7.46. The quantitative estimate of drug-likeness (QED) is 0.0533. The zero-order valence-corrected chi connectivity index (χ0v) is 41.3. The summed E-state index contributed by atoms with van der Waals surface area (Å²) in [6.07, 6.45) is 0.932. The van der Waals surface area contributed by atoms with Gasteiger partial charge in [0.05, 0.1) is 31.7 Å². The van der Waals surface area contributed by atoms with Crippen LogP contribution < -0.4 is 32.3 Å². The summed E-state index contributed by atoms with van der Waals surface area (Å²) in [6, 6.07) is 4.51. The SMILES string of the molecule is CC(C)C[C@H](NC(=O)[C@H](CC(=O)O)NC(=O)[C@@H](N)Cc1ccc(O)cc1)C(=O)N[C@@H](COP(=O)(O)O)C(=O)N[C@@H](CC(C)C)C(=O)N1CCC[C@H]1C(=O)N[C@@H](Cc1ccccc1)C(=O)N1CCC[C@H]1CO. The van der Waals surface area contributed by atoms with Crippen molar-refractivity contribution < 1.29 is 72.6 Å². The second-order valence-electron chi connectivity index (χ2n) is 18.8. The van der Waals surface area contributed by atoms with Crippen LogP contribution in [0.1, 0.15) is 83.8 Å². The fourth-order valence-corrected chi connectivity index (χ4v) is 8.89. The molecule has 23 nitrogen and oxygen atoms in total. The smallest absolute Gasteiger partial charge is 0.469 e. The van der Waals surface area contributed by atoms with Crippen molar-refractivity contribution in [1.82, 2.24) is 36.4 Å². The van der Waals surface area contributed by atoms with Gasteiger partial charge in [0.15, 0.2) is 0 Å². The van der Waals surface area contributed by atoms with Gasteiger partial charge in [0.2, 0.25) is 41.4 Å². The first kappa shape index (κ1) is 57.6. The van der Waals surface area contributed by atoms with Crippen LogP contribution in [0.5, 0.6) is 5.75 Å². The Morgan fingerprint density at radius 3 is 1.80 bits per heavy atom. The molecule has 24 heteroatoms. The fraction of sp³-hybridized carbons (Fsp3) is 0.574. The Morgan fingerprint density at radius 2 is 1.20 bits per heavy atom. The first-order valence-electron chi connectivity index (χ1n) is 23.7. The van der Waals surface area contributed by atoms with Crippen molar-refractivity contribution in [1.29, 1.82) is 0 Å². The number of hydrogen-bond acceptors (Lipinski definition) is 13. The van der Waals surface area contributed by atoms with Gasteiger partial charge >= 0.3 is 13.8 Å². The predicted octanol–water partition coefficient (Wildman–Crippen LogP) is -0.421. The Labute approximate surface area is 412 Å². The fourth-order valence-electron chi connectivity index (χ4n) is 8.55. The molecule has 12 N–H and O–H groups in total. The minimum Gasteiger partial charge on any atom is -0.508 e. The Balaban J connectivity index is 1.53. The highest BCUT2D eigenvalue weighted by Crippen LogP contribution is 2.35. The lowest BCUT2D eigenvalue weighted by atomic mass is 10.0. The molecule has 0 aromatic heterocycles. The summed E-state index contributed by atoms with van der Waals surface area (Å²) in [5.74, 6) is -8.00. The van der Waals surface area contributed by atoms with E-state index in [4.69, 9.17) is 5.73 Å². The number of amides is 7. The molecule has 71 heavy (non-hydrogen) atoms. The number of phosphoric ester groups is 1. The summed E-state index contributed by atoms with van der Waals surface area (Å²) in [4.78, 5) is 131. The number of hydrogen-bond donors (Lipinski definition) is 11. The third-order valence-corrected chi connectivity index (χ3v) is 12.5. The van der Waals surface area contributed by atoms with Crippen LogP contribution in [-0.2, 0) is 60.3 Å². The van der Waals surface area contributed by atoms with E-state index in [9.17, 15) is 68.0 Å². The number of aliphatic carboxylic acids is 1. The first-order chi connectivity index (χ1) is 33.5. The number of carbonyl (C=O) groups is 8. The van der Waals surface area contributed by atoms with Crippen LogP contribution >= 0.6 is 7.82 Å². The van der Waals surface area contributed by atoms with Crippen LogP contribution in [0, 0.1) is 11.8 Å². The molecule has 8 atom stereocenters. The zero-order valence-electron chi connectivity index (χ0n) is 40.4. The highest BCUT2D eigenvalue weighted by atomic mass is 31.2. The van der Waals surface area contributed by atoms with Gasteiger partial charge in [-0.25, -0.2) is 4.57 Å². The summed E-state index contributed by atoms with van der Waals surface area (Å²) in [5.41, 5.74) is 7.37. The van der Waals surface area contributed by atoms with Gasteiger partial charge in [-0.05, 0) is 80.0 Å². The van der Waals surface area contributed by atoms with Crippen LogP contribution in [0.15, 0.2) is 54.6 Å². The number of phenolic OH excluding ortho intramolecular Hbond substituents is 1. The van der Waals surface area contributed by atoms with E-state index in [-0.39, 0.29) is 68.7 Å². The van der Waals surface area contributed by atoms with E-state index >= 15 is 0 Å². The number of carboxylic acid groups (broad SMARTS) is 1. The number of phenols is 1. The van der Waals surface area contributed by atoms with E-state index in [0.29, 0.717) is 31.4 Å². The standard InChI is InChI=1S/C47H69N8O15P/c1-27(2)20-34(50-43(62)35(24-40(58)59)49-41(60)33(48)22-30-14-16-32(57)17-15-30)42(61)53-38(26-70-71(67,68)69)44(63)51-36(21-28(3)4)47(66)55-19-9-13-39(55)45(64)52-37(23-29-10-6-5-7-11-29)46(65)54-18-8-12-31(54)25-56/h5-7,10-11,14-17,27-28,31,33-39,56-57H,8-9,12-13,18-26,48H2,1-4H3,(H,49,60)(H,50,62)(H,51,63)(H,52,64)(H,53,61)(H,58,59)(H2,67,68,69)/t31-,33-,34-,35-,36-,37-,38-,39-/m0/s1. The molecular weight excluding hydrogens is 948 g/mol. The molecule has 0 radical (unpaired) electrons. The number of carbonyl (C=O) groups excluding carboxylic acids is 7. The molecule has 4 rings (SSSR count). The number of carboxylic acids is 1. The maximum Gasteiger partial charge on any atom is 0.469 e. The molecular formula is C47H69N8O15P. The van der Waals surface area contributed by atoms with E-state index in [0.717, 1.165) is 5.56 Å². The molecule has 392 valence electrons. The summed E-state index contributed by atoms with van der Waals surface area (Å²) < 4.78 is 16.5. The van der Waals surface area contributed by atoms with Gasteiger partial charge in [-0.1, -0.05) is 70.2 Å². The van der Waals surface area contributed by atoms with E-state index < -0.39 is 111 Å². The maximum atomic E-state index is 14.5. The molecule has 2 aliphatic rings. The van der Waals surface area contributed by atoms with Crippen LogP contribution in [-0.4, -0.2) is 157 Å². The lowest BCUT2D eigenvalue weighted by Crippen LogP contribution is -2.61. The van der Waals surface area contributed by atoms with Gasteiger partial charge in [-0.15, -0.1) is 0 Å². The monoisotopic (exact) mass is 1020 g/mol. The number of nitrogens with two attached hydrogens (primary N) is 1. The molecule has 2 aromatic carbocycles. The second kappa shape index (κ2) is 27.0. The van der Waals surface area contributed by atoms with Crippen molar-refractivity contribution in [2.24, 2.45) is 17.6 Å². The molecule has 2 saturated heterocycles. The van der Waals surface area contributed by atoms with Crippen molar-refractivity contribution in [3.8, 4) is 5.75 Å². The van der Waals surface area contributed by atoms with Crippen molar-refractivity contribution in [3.63, 3.8) is 0 Å². The summed E-state index contributed by atoms with van der Waals surface area (Å²) in [6.45, 7) is 6.02. The number of aromatic hydroxyl groups is 1. The maximum absolute atomic E-state index is 14.5. The van der Waals surface area contributed by atoms with Crippen LogP contribution in [0.2, 0.25) is 0 Å². The molecule has 0 spiro atoms. The van der Waals surface area contributed by atoms with Crippen LogP contribution in [0.4, 0.5) is 0 Å². The van der Waals surface area contributed by atoms with Crippen molar-refractivity contribution >= 4 is 55.1 Å². The molecule has 2 aromatic rings.